The molecule has 6 nitrogen and oxygen atoms in total. The number of nitrogens with two attached hydrogens (primary N) is 1. The highest BCUT2D eigenvalue weighted by molar-refractivity contribution is 7.80. The van der Waals surface area contributed by atoms with Gasteiger partial charge in [0.2, 0.25) is 0 Å². The highest BCUT2D eigenvalue weighted by Crippen LogP contribution is 2.08. The molecular formula is C13H24N2O4S. The van der Waals surface area contributed by atoms with E-state index in [0.717, 1.165) is 0 Å². The Kier molecular flexibility index (Phi) is 7.49. The first-order valence-corrected chi connectivity index (χ1v) is 6.86. The van der Waals surface area contributed by atoms with Crippen LogP contribution in [-0.4, -0.2) is 35.3 Å². The minimum absolute atomic E-state index is 0.0332. The van der Waals surface area contributed by atoms with Crippen molar-refractivity contribution in [3.05, 3.63) is 0 Å². The summed E-state index contributed by atoms with van der Waals surface area (Å²) in [6.45, 7) is 9.28. The summed E-state index contributed by atoms with van der Waals surface area (Å²) in [7, 11) is 0. The third kappa shape index (κ3) is 9.55. The van der Waals surface area contributed by atoms with Gasteiger partial charge in [0.25, 0.3) is 0 Å². The van der Waals surface area contributed by atoms with Crippen molar-refractivity contribution in [1.29, 1.82) is 0 Å². The number of thiocarbonyl (C=S) groups is 1. The third-order valence-electron chi connectivity index (χ3n) is 1.94. The molecule has 0 fully saturated rings. The Balaban J connectivity index is 4.59. The Bertz CT molecular complexity index is 364. The Morgan fingerprint density at radius 3 is 2.25 bits per heavy atom. The van der Waals surface area contributed by atoms with Crippen molar-refractivity contribution >= 4 is 29.3 Å². The van der Waals surface area contributed by atoms with Crippen LogP contribution in [0, 0.1) is 5.92 Å². The molecule has 0 aliphatic heterocycles. The summed E-state index contributed by atoms with van der Waals surface area (Å²) in [6, 6.07) is -0.930. The molecule has 0 saturated heterocycles. The molecule has 0 bridgehead atoms. The predicted octanol–water partition coefficient (Wildman–Crippen LogP) is 1.76. The lowest BCUT2D eigenvalue weighted by Gasteiger charge is -2.23. The minimum Gasteiger partial charge on any atom is -0.464 e. The smallest absolute Gasteiger partial charge is 0.408 e. The molecule has 3 N–H and O–H groups in total. The summed E-state index contributed by atoms with van der Waals surface area (Å²) in [5.41, 5.74) is 4.77. The van der Waals surface area contributed by atoms with E-state index in [4.69, 9.17) is 27.4 Å². The third-order valence-corrected chi connectivity index (χ3v) is 2.11. The lowest BCUT2D eigenvalue weighted by molar-refractivity contribution is -0.147. The van der Waals surface area contributed by atoms with Crippen LogP contribution in [0.2, 0.25) is 0 Å². The molecule has 0 rings (SSSR count). The van der Waals surface area contributed by atoms with Crippen LogP contribution in [0.25, 0.3) is 0 Å². The number of esters is 1. The van der Waals surface area contributed by atoms with Crippen molar-refractivity contribution in [2.24, 2.45) is 11.7 Å². The predicted molar refractivity (Wildman–Crippen MR) is 80.4 cm³/mol. The molecule has 0 unspecified atom stereocenters. The number of nitrogens with one attached hydrogen (secondary N) is 1. The van der Waals surface area contributed by atoms with Gasteiger partial charge < -0.3 is 20.5 Å². The highest BCUT2D eigenvalue weighted by atomic mass is 32.1. The molecule has 0 aliphatic rings. The summed E-state index contributed by atoms with van der Waals surface area (Å²) in [6.07, 6.45) is -0.675. The van der Waals surface area contributed by atoms with Gasteiger partial charge in [-0.05, 0) is 26.7 Å². The average molecular weight is 304 g/mol. The first-order chi connectivity index (χ1) is 9.01. The molecule has 1 atom stereocenters. The second-order valence-electron chi connectivity index (χ2n) is 5.89. The van der Waals surface area contributed by atoms with E-state index in [1.807, 2.05) is 13.8 Å². The number of amides is 1. The highest BCUT2D eigenvalue weighted by Gasteiger charge is 2.26. The molecule has 0 aromatic rings. The normalized spacial score (nSPS) is 12.7. The molecule has 116 valence electrons. The second kappa shape index (κ2) is 8.04. The molecule has 0 spiro atoms. The van der Waals surface area contributed by atoms with Gasteiger partial charge in [-0.2, -0.15) is 0 Å². The van der Waals surface area contributed by atoms with Crippen molar-refractivity contribution in [2.75, 3.05) is 6.61 Å². The molecule has 20 heavy (non-hydrogen) atoms. The number of hydrogen-bond acceptors (Lipinski definition) is 5. The van der Waals surface area contributed by atoms with Crippen LogP contribution in [0.5, 0.6) is 0 Å². The van der Waals surface area contributed by atoms with Gasteiger partial charge in [-0.15, -0.1) is 0 Å². The molecule has 0 aromatic carbocycles. The maximum absolute atomic E-state index is 11.9. The number of rotatable bonds is 6. The van der Waals surface area contributed by atoms with E-state index in [9.17, 15) is 9.59 Å². The number of carbonyl (C=O) groups is 2. The van der Waals surface area contributed by atoms with Gasteiger partial charge >= 0.3 is 12.1 Å². The van der Waals surface area contributed by atoms with Gasteiger partial charge in [-0.25, -0.2) is 9.59 Å². The van der Waals surface area contributed by atoms with Gasteiger partial charge in [0.15, 0.2) is 0 Å². The molecule has 0 aliphatic carbocycles. The number of ether oxygens (including phenoxy) is 2. The van der Waals surface area contributed by atoms with Crippen LogP contribution in [0.1, 0.15) is 41.0 Å². The van der Waals surface area contributed by atoms with E-state index in [-0.39, 0.29) is 23.9 Å². The summed E-state index contributed by atoms with van der Waals surface area (Å²) in [4.78, 5) is 23.7. The zero-order valence-electron chi connectivity index (χ0n) is 12.7. The van der Waals surface area contributed by atoms with Crippen molar-refractivity contribution in [1.82, 2.24) is 5.32 Å². The van der Waals surface area contributed by atoms with Gasteiger partial charge in [0.05, 0.1) is 11.6 Å². The van der Waals surface area contributed by atoms with E-state index in [2.05, 4.69) is 5.32 Å². The first kappa shape index (κ1) is 18.6. The van der Waals surface area contributed by atoms with Crippen molar-refractivity contribution in [3.63, 3.8) is 0 Å². The van der Waals surface area contributed by atoms with Crippen LogP contribution < -0.4 is 11.1 Å². The summed E-state index contributed by atoms with van der Waals surface area (Å²) >= 11 is 4.77. The Hall–Kier alpha value is -1.37. The van der Waals surface area contributed by atoms with Gasteiger partial charge in [-0.3, -0.25) is 0 Å². The molecular weight excluding hydrogens is 280 g/mol. The molecule has 0 heterocycles. The summed E-state index contributed by atoms with van der Waals surface area (Å²) in [5, 5.41) is 2.43. The maximum atomic E-state index is 11.9. The van der Waals surface area contributed by atoms with E-state index in [1.165, 1.54) is 0 Å². The summed E-state index contributed by atoms with van der Waals surface area (Å²) < 4.78 is 10.2. The van der Waals surface area contributed by atoms with E-state index < -0.39 is 23.7 Å². The molecule has 1 amide bonds. The Morgan fingerprint density at radius 2 is 1.85 bits per heavy atom. The van der Waals surface area contributed by atoms with Crippen molar-refractivity contribution in [3.8, 4) is 0 Å². The Morgan fingerprint density at radius 1 is 1.30 bits per heavy atom. The lowest BCUT2D eigenvalue weighted by Crippen LogP contribution is -2.46. The second-order valence-corrected chi connectivity index (χ2v) is 6.42. The zero-order chi connectivity index (χ0) is 15.9. The minimum atomic E-state index is -0.930. The molecule has 0 aromatic heterocycles. The SMILES string of the molecule is CC(C)COC(=O)[C@H](CC(N)=S)NC(=O)OC(C)(C)C. The van der Waals surface area contributed by atoms with E-state index in [1.54, 1.807) is 20.8 Å². The standard InChI is InChI=1S/C13H24N2O4S/c1-8(2)7-18-11(16)9(6-10(14)20)15-12(17)19-13(3,4)5/h8-9H,6-7H2,1-5H3,(H2,14,20)(H,15,17)/t9-/m0/s1. The van der Waals surface area contributed by atoms with Crippen LogP contribution in [0.4, 0.5) is 4.79 Å². The Labute approximate surface area is 125 Å². The van der Waals surface area contributed by atoms with Gasteiger partial charge in [-0.1, -0.05) is 26.1 Å². The largest absolute Gasteiger partial charge is 0.464 e. The molecule has 0 saturated carbocycles. The fraction of sp³-hybridized carbons (Fsp3) is 0.769. The monoisotopic (exact) mass is 304 g/mol. The van der Waals surface area contributed by atoms with Crippen LogP contribution in [0.15, 0.2) is 0 Å². The van der Waals surface area contributed by atoms with Crippen LogP contribution >= 0.6 is 12.2 Å². The number of carbonyl (C=O) groups excluding carboxylic acids is 2. The topological polar surface area (TPSA) is 90.6 Å². The zero-order valence-corrected chi connectivity index (χ0v) is 13.5. The molecule has 0 radical (unpaired) electrons. The van der Waals surface area contributed by atoms with Gasteiger partial charge in [0, 0.05) is 6.42 Å². The molecule has 7 heteroatoms. The number of hydrogen-bond donors (Lipinski definition) is 2. The summed E-state index contributed by atoms with van der Waals surface area (Å²) in [5.74, 6) is -0.372. The first-order valence-electron chi connectivity index (χ1n) is 6.45. The fourth-order valence-electron chi connectivity index (χ4n) is 1.19. The number of alkyl carbamates (subject to hydrolysis) is 1. The maximum Gasteiger partial charge on any atom is 0.408 e. The average Bonchev–Trinajstić information content (AvgIpc) is 2.21. The van der Waals surface area contributed by atoms with E-state index in [0.29, 0.717) is 0 Å². The van der Waals surface area contributed by atoms with Gasteiger partial charge in [0.1, 0.15) is 11.6 Å². The lowest BCUT2D eigenvalue weighted by atomic mass is 10.2. The van der Waals surface area contributed by atoms with E-state index >= 15 is 0 Å². The van der Waals surface area contributed by atoms with Crippen molar-refractivity contribution < 1.29 is 19.1 Å². The quantitative estimate of drug-likeness (QED) is 0.574. The van der Waals surface area contributed by atoms with Crippen molar-refractivity contribution in [2.45, 2.75) is 52.7 Å². The fourth-order valence-corrected chi connectivity index (χ4v) is 1.36. The van der Waals surface area contributed by atoms with Crippen LogP contribution in [-0.2, 0) is 14.3 Å². The van der Waals surface area contributed by atoms with Crippen LogP contribution in [0.3, 0.4) is 0 Å².